The van der Waals surface area contributed by atoms with Crippen LogP contribution in [-0.2, 0) is 7.05 Å². The summed E-state index contributed by atoms with van der Waals surface area (Å²) in [5.41, 5.74) is 1.82. The smallest absolute Gasteiger partial charge is 0.161 e. The SMILES string of the molecule is CC(NC(C)(C)Oc1ccccc1)c1sc(=S)n(C)c1-c1ccccc1. The molecule has 1 heterocycles. The molecule has 0 spiro atoms. The second-order valence-electron chi connectivity index (χ2n) is 6.80. The highest BCUT2D eigenvalue weighted by Gasteiger charge is 2.26. The maximum Gasteiger partial charge on any atom is 0.161 e. The molecule has 5 heteroatoms. The predicted molar refractivity (Wildman–Crippen MR) is 112 cm³/mol. The molecule has 136 valence electrons. The van der Waals surface area contributed by atoms with E-state index >= 15 is 0 Å². The Morgan fingerprint density at radius 1 is 1.04 bits per heavy atom. The van der Waals surface area contributed by atoms with Crippen LogP contribution in [0.15, 0.2) is 60.7 Å². The molecule has 1 unspecified atom stereocenters. The Balaban J connectivity index is 1.87. The lowest BCUT2D eigenvalue weighted by atomic mass is 10.1. The van der Waals surface area contributed by atoms with Crippen LogP contribution in [0.1, 0.15) is 31.7 Å². The van der Waals surface area contributed by atoms with Crippen molar-refractivity contribution < 1.29 is 4.74 Å². The van der Waals surface area contributed by atoms with E-state index in [2.05, 4.69) is 41.1 Å². The van der Waals surface area contributed by atoms with Crippen molar-refractivity contribution in [2.75, 3.05) is 0 Å². The molecule has 0 aliphatic carbocycles. The number of nitrogens with one attached hydrogen (secondary N) is 1. The molecule has 2 aromatic carbocycles. The molecule has 0 saturated carbocycles. The molecule has 0 aliphatic heterocycles. The van der Waals surface area contributed by atoms with Gasteiger partial charge in [-0.05, 0) is 50.7 Å². The van der Waals surface area contributed by atoms with Crippen LogP contribution in [0.4, 0.5) is 0 Å². The Hall–Kier alpha value is -1.95. The van der Waals surface area contributed by atoms with E-state index in [0.29, 0.717) is 0 Å². The normalized spacial score (nSPS) is 12.8. The average Bonchev–Trinajstić information content (AvgIpc) is 2.91. The van der Waals surface area contributed by atoms with Crippen molar-refractivity contribution in [2.45, 2.75) is 32.5 Å². The Morgan fingerprint density at radius 2 is 1.62 bits per heavy atom. The molecule has 1 N–H and O–H groups in total. The van der Waals surface area contributed by atoms with Gasteiger partial charge in [0.1, 0.15) is 5.75 Å². The van der Waals surface area contributed by atoms with Crippen LogP contribution in [-0.4, -0.2) is 10.3 Å². The van der Waals surface area contributed by atoms with Crippen molar-refractivity contribution in [3.63, 3.8) is 0 Å². The lowest BCUT2D eigenvalue weighted by Crippen LogP contribution is -2.45. The van der Waals surface area contributed by atoms with Crippen LogP contribution in [0, 0.1) is 3.95 Å². The number of aromatic nitrogens is 1. The lowest BCUT2D eigenvalue weighted by molar-refractivity contribution is 0.0604. The van der Waals surface area contributed by atoms with E-state index in [-0.39, 0.29) is 6.04 Å². The molecule has 1 atom stereocenters. The van der Waals surface area contributed by atoms with E-state index < -0.39 is 5.72 Å². The average molecular weight is 385 g/mol. The van der Waals surface area contributed by atoms with Gasteiger partial charge >= 0.3 is 0 Å². The molecule has 3 aromatic rings. The van der Waals surface area contributed by atoms with Crippen LogP contribution in [0.2, 0.25) is 0 Å². The van der Waals surface area contributed by atoms with Gasteiger partial charge in [-0.2, -0.15) is 0 Å². The molecular weight excluding hydrogens is 360 g/mol. The summed E-state index contributed by atoms with van der Waals surface area (Å²) in [4.78, 5) is 1.22. The highest BCUT2D eigenvalue weighted by Crippen LogP contribution is 2.34. The molecule has 3 nitrogen and oxygen atoms in total. The summed E-state index contributed by atoms with van der Waals surface area (Å²) in [5, 5.41) is 3.60. The topological polar surface area (TPSA) is 26.2 Å². The Morgan fingerprint density at radius 3 is 2.23 bits per heavy atom. The van der Waals surface area contributed by atoms with Gasteiger partial charge in [-0.3, -0.25) is 5.32 Å². The highest BCUT2D eigenvalue weighted by atomic mass is 32.1. The van der Waals surface area contributed by atoms with Gasteiger partial charge in [-0.25, -0.2) is 0 Å². The van der Waals surface area contributed by atoms with Crippen LogP contribution < -0.4 is 10.1 Å². The van der Waals surface area contributed by atoms with Crippen LogP contribution in [0.3, 0.4) is 0 Å². The largest absolute Gasteiger partial charge is 0.473 e. The van der Waals surface area contributed by atoms with Crippen molar-refractivity contribution in [3.8, 4) is 17.0 Å². The maximum absolute atomic E-state index is 6.14. The standard InChI is InChI=1S/C21H24N2OS2/c1-15(22-21(2,3)24-17-13-9-6-10-14-17)19-18(23(4)20(25)26-19)16-11-7-5-8-12-16/h5-15,22H,1-4H3. The molecule has 0 bridgehead atoms. The van der Waals surface area contributed by atoms with Crippen molar-refractivity contribution in [1.82, 2.24) is 9.88 Å². The molecule has 0 saturated heterocycles. The van der Waals surface area contributed by atoms with Gasteiger partial charge in [0.15, 0.2) is 9.68 Å². The van der Waals surface area contributed by atoms with Crippen molar-refractivity contribution in [3.05, 3.63) is 69.5 Å². The molecule has 0 amide bonds. The van der Waals surface area contributed by atoms with Crippen LogP contribution >= 0.6 is 23.6 Å². The summed E-state index contributed by atoms with van der Waals surface area (Å²) in [6.45, 7) is 6.24. The summed E-state index contributed by atoms with van der Waals surface area (Å²) in [6, 6.07) is 20.4. The molecule has 26 heavy (non-hydrogen) atoms. The Bertz CT molecular complexity index is 914. The minimum atomic E-state index is -0.515. The minimum absolute atomic E-state index is 0.0943. The van der Waals surface area contributed by atoms with E-state index in [1.807, 2.05) is 57.3 Å². The number of ether oxygens (including phenoxy) is 1. The van der Waals surface area contributed by atoms with Crippen LogP contribution in [0.5, 0.6) is 5.75 Å². The summed E-state index contributed by atoms with van der Waals surface area (Å²) in [5.74, 6) is 0.848. The first kappa shape index (κ1) is 18.8. The Kier molecular flexibility index (Phi) is 5.61. The van der Waals surface area contributed by atoms with Gasteiger partial charge in [-0.1, -0.05) is 48.5 Å². The molecule has 0 fully saturated rings. The van der Waals surface area contributed by atoms with Crippen molar-refractivity contribution in [1.29, 1.82) is 0 Å². The summed E-state index contributed by atoms with van der Waals surface area (Å²) in [7, 11) is 2.03. The summed E-state index contributed by atoms with van der Waals surface area (Å²) in [6.07, 6.45) is 0. The third kappa shape index (κ3) is 4.23. The van der Waals surface area contributed by atoms with Crippen LogP contribution in [0.25, 0.3) is 11.3 Å². The quantitative estimate of drug-likeness (QED) is 0.420. The monoisotopic (exact) mass is 384 g/mol. The highest BCUT2D eigenvalue weighted by molar-refractivity contribution is 7.73. The number of rotatable bonds is 6. The maximum atomic E-state index is 6.14. The van der Waals surface area contributed by atoms with Gasteiger partial charge in [0, 0.05) is 18.0 Å². The number of benzene rings is 2. The summed E-state index contributed by atoms with van der Waals surface area (Å²) >= 11 is 7.20. The fourth-order valence-electron chi connectivity index (χ4n) is 3.09. The van der Waals surface area contributed by atoms with Gasteiger partial charge in [0.25, 0.3) is 0 Å². The molecule has 1 aromatic heterocycles. The zero-order chi connectivity index (χ0) is 18.7. The molecular formula is C21H24N2OS2. The number of nitrogens with zero attached hydrogens (tertiary/aromatic N) is 1. The van der Waals surface area contributed by atoms with Gasteiger partial charge < -0.3 is 9.30 Å². The number of para-hydroxylation sites is 1. The fourth-order valence-corrected chi connectivity index (χ4v) is 4.46. The van der Waals surface area contributed by atoms with Gasteiger partial charge in [0.2, 0.25) is 0 Å². The lowest BCUT2D eigenvalue weighted by Gasteiger charge is -2.31. The third-order valence-electron chi connectivity index (χ3n) is 4.16. The van der Waals surface area contributed by atoms with E-state index in [1.54, 1.807) is 11.3 Å². The Labute approximate surface area is 164 Å². The number of hydrogen-bond donors (Lipinski definition) is 1. The fraction of sp³-hybridized carbons (Fsp3) is 0.286. The zero-order valence-corrected chi connectivity index (χ0v) is 17.2. The number of thiazole rings is 1. The van der Waals surface area contributed by atoms with E-state index in [0.717, 1.165) is 15.4 Å². The second kappa shape index (κ2) is 7.74. The first-order chi connectivity index (χ1) is 12.4. The van der Waals surface area contributed by atoms with Crippen molar-refractivity contribution >= 4 is 23.6 Å². The first-order valence-electron chi connectivity index (χ1n) is 8.64. The molecule has 0 aliphatic rings. The predicted octanol–water partition coefficient (Wildman–Crippen LogP) is 5.95. The molecule has 0 radical (unpaired) electrons. The first-order valence-corrected chi connectivity index (χ1v) is 9.87. The number of hydrogen-bond acceptors (Lipinski definition) is 4. The third-order valence-corrected chi connectivity index (χ3v) is 5.90. The van der Waals surface area contributed by atoms with E-state index in [9.17, 15) is 0 Å². The van der Waals surface area contributed by atoms with Gasteiger partial charge in [-0.15, -0.1) is 11.3 Å². The second-order valence-corrected chi connectivity index (χ2v) is 8.47. The minimum Gasteiger partial charge on any atom is -0.473 e. The van der Waals surface area contributed by atoms with E-state index in [4.69, 9.17) is 17.0 Å². The van der Waals surface area contributed by atoms with E-state index in [1.165, 1.54) is 10.4 Å². The van der Waals surface area contributed by atoms with Gasteiger partial charge in [0.05, 0.1) is 5.69 Å². The van der Waals surface area contributed by atoms with Crippen molar-refractivity contribution in [2.24, 2.45) is 7.05 Å². The zero-order valence-electron chi connectivity index (χ0n) is 15.5. The summed E-state index contributed by atoms with van der Waals surface area (Å²) < 4.78 is 9.10. The molecule has 3 rings (SSSR count).